The third-order valence-corrected chi connectivity index (χ3v) is 10.5. The van der Waals surface area contributed by atoms with Gasteiger partial charge in [0.2, 0.25) is 10.0 Å². The van der Waals surface area contributed by atoms with Crippen molar-refractivity contribution in [2.45, 2.75) is 30.7 Å². The van der Waals surface area contributed by atoms with Crippen molar-refractivity contribution >= 4 is 57.9 Å². The van der Waals surface area contributed by atoms with E-state index in [0.29, 0.717) is 35.2 Å². The Kier molecular flexibility index (Phi) is 11.9. The first-order chi connectivity index (χ1) is 21.2. The number of carbonyl (C=O) groups excluding carboxylic acids is 1. The van der Waals surface area contributed by atoms with Crippen LogP contribution in [0.4, 0.5) is 26.0 Å². The summed E-state index contributed by atoms with van der Waals surface area (Å²) in [5.41, 5.74) is 3.45. The van der Waals surface area contributed by atoms with Crippen molar-refractivity contribution in [1.82, 2.24) is 24.7 Å². The molecule has 1 aromatic heterocycles. The summed E-state index contributed by atoms with van der Waals surface area (Å²) in [6.07, 6.45) is 2.53. The maximum Gasteiger partial charge on any atom is 0.258 e. The van der Waals surface area contributed by atoms with Crippen LogP contribution < -0.4 is 20.9 Å². The Morgan fingerprint density at radius 1 is 1.04 bits per heavy atom. The minimum atomic E-state index is -4.19. The van der Waals surface area contributed by atoms with Crippen LogP contribution in [0.5, 0.6) is 0 Å². The summed E-state index contributed by atoms with van der Waals surface area (Å²) in [5.74, 6) is -1.65. The van der Waals surface area contributed by atoms with Crippen molar-refractivity contribution in [2.75, 3.05) is 74.9 Å². The van der Waals surface area contributed by atoms with E-state index >= 15 is 0 Å². The Balaban J connectivity index is 0.00000240. The van der Waals surface area contributed by atoms with Crippen LogP contribution in [0.25, 0.3) is 0 Å². The fourth-order valence-electron chi connectivity index (χ4n) is 6.07. The molecule has 1 amide bonds. The van der Waals surface area contributed by atoms with E-state index in [1.807, 2.05) is 18.2 Å². The molecule has 11 nitrogen and oxygen atoms in total. The van der Waals surface area contributed by atoms with Crippen molar-refractivity contribution in [3.05, 3.63) is 64.9 Å². The maximum absolute atomic E-state index is 13.8. The van der Waals surface area contributed by atoms with Crippen LogP contribution >= 0.6 is 24.8 Å². The van der Waals surface area contributed by atoms with Crippen LogP contribution in [0.2, 0.25) is 0 Å². The number of amides is 1. The van der Waals surface area contributed by atoms with Gasteiger partial charge in [0.25, 0.3) is 5.91 Å². The number of piperidine rings is 1. The average molecular weight is 702 g/mol. The molecule has 4 N–H and O–H groups in total. The molecule has 3 aromatic rings. The Morgan fingerprint density at radius 2 is 1.78 bits per heavy atom. The fraction of sp³-hybridized carbons (Fsp3) is 0.467. The van der Waals surface area contributed by atoms with E-state index in [2.05, 4.69) is 43.0 Å². The lowest BCUT2D eigenvalue weighted by Gasteiger charge is -2.34. The lowest BCUT2D eigenvalue weighted by Crippen LogP contribution is -2.44. The van der Waals surface area contributed by atoms with Gasteiger partial charge in [-0.15, -0.1) is 24.8 Å². The van der Waals surface area contributed by atoms with Crippen LogP contribution in [0.15, 0.2) is 41.3 Å². The molecule has 6 rings (SSSR count). The number of benzene rings is 2. The van der Waals surface area contributed by atoms with Crippen LogP contribution in [-0.2, 0) is 23.0 Å². The summed E-state index contributed by atoms with van der Waals surface area (Å²) in [6, 6.07) is 8.04. The van der Waals surface area contributed by atoms with Crippen molar-refractivity contribution in [1.29, 1.82) is 0 Å². The molecule has 0 saturated carbocycles. The van der Waals surface area contributed by atoms with Crippen LogP contribution in [0.1, 0.15) is 34.5 Å². The van der Waals surface area contributed by atoms with Gasteiger partial charge in [0.05, 0.1) is 10.5 Å². The summed E-state index contributed by atoms with van der Waals surface area (Å²) >= 11 is 0. The van der Waals surface area contributed by atoms with Gasteiger partial charge in [-0.05, 0) is 69.2 Å². The second-order valence-electron chi connectivity index (χ2n) is 11.8. The highest BCUT2D eigenvalue weighted by Crippen LogP contribution is 2.31. The number of nitrogens with zero attached hydrogens (tertiary/aromatic N) is 4. The van der Waals surface area contributed by atoms with Gasteiger partial charge in [-0.2, -0.15) is 9.40 Å². The molecule has 2 aromatic carbocycles. The molecule has 1 atom stereocenters. The molecule has 2 saturated heterocycles. The molecule has 0 spiro atoms. The number of halogens is 4. The number of H-pyrrole nitrogens is 1. The number of rotatable bonds is 8. The second kappa shape index (κ2) is 15.3. The van der Waals surface area contributed by atoms with E-state index in [0.717, 1.165) is 86.5 Å². The molecule has 0 bridgehead atoms. The van der Waals surface area contributed by atoms with Crippen molar-refractivity contribution in [3.8, 4) is 0 Å². The molecular weight excluding hydrogens is 661 g/mol. The molecule has 1 unspecified atom stereocenters. The third kappa shape index (κ3) is 7.92. The number of aromatic amines is 1. The van der Waals surface area contributed by atoms with Crippen LogP contribution in [-0.4, -0.2) is 93.1 Å². The first kappa shape index (κ1) is 35.8. The van der Waals surface area contributed by atoms with Gasteiger partial charge >= 0.3 is 0 Å². The summed E-state index contributed by atoms with van der Waals surface area (Å²) in [6.45, 7) is 6.39. The van der Waals surface area contributed by atoms with E-state index in [-0.39, 0.29) is 49.6 Å². The number of carbonyl (C=O) groups is 1. The first-order valence-electron chi connectivity index (χ1n) is 15.0. The van der Waals surface area contributed by atoms with Gasteiger partial charge < -0.3 is 25.8 Å². The highest BCUT2D eigenvalue weighted by Gasteiger charge is 2.32. The van der Waals surface area contributed by atoms with Gasteiger partial charge in [0.15, 0.2) is 5.82 Å². The molecule has 4 heterocycles. The van der Waals surface area contributed by atoms with E-state index in [1.165, 1.54) is 0 Å². The minimum absolute atomic E-state index is 0. The van der Waals surface area contributed by atoms with Gasteiger partial charge in [-0.3, -0.25) is 9.89 Å². The van der Waals surface area contributed by atoms with Gasteiger partial charge in [0, 0.05) is 80.9 Å². The van der Waals surface area contributed by atoms with Crippen molar-refractivity contribution in [3.63, 3.8) is 0 Å². The predicted octanol–water partition coefficient (Wildman–Crippen LogP) is 3.69. The topological polar surface area (TPSA) is 126 Å². The zero-order chi connectivity index (χ0) is 30.8. The molecule has 46 heavy (non-hydrogen) atoms. The van der Waals surface area contributed by atoms with Crippen LogP contribution in [0.3, 0.4) is 0 Å². The Hall–Kier alpha value is -3.01. The highest BCUT2D eigenvalue weighted by atomic mass is 35.5. The smallest absolute Gasteiger partial charge is 0.258 e. The zero-order valence-corrected chi connectivity index (χ0v) is 28.0. The standard InChI is InChI=1S/C30H38F2N8O3S.2ClH/c1-38-9-11-39(12-10-38)23-4-5-25(28(16-23)34-18-20-3-2-7-33-17-20)30(41)35-29-26-19-40(8-6-27(26)36-37-29)44(42,43)24-14-21(31)13-22(32)15-24;;/h4-5,13-16,20,33-34H,2-3,6-12,17-19H2,1H3,(H2,35,36,37,41);2*1H. The number of hydrogen-bond acceptors (Lipinski definition) is 8. The van der Waals surface area contributed by atoms with Crippen LogP contribution in [0, 0.1) is 17.6 Å². The molecule has 16 heteroatoms. The summed E-state index contributed by atoms with van der Waals surface area (Å²) in [4.78, 5) is 17.9. The predicted molar refractivity (Wildman–Crippen MR) is 179 cm³/mol. The van der Waals surface area contributed by atoms with Gasteiger partial charge in [-0.1, -0.05) is 0 Å². The number of fused-ring (bicyclic) bond motifs is 1. The summed E-state index contributed by atoms with van der Waals surface area (Å²) < 4.78 is 55.3. The number of hydrogen-bond donors (Lipinski definition) is 4. The molecule has 252 valence electrons. The molecule has 0 aliphatic carbocycles. The fourth-order valence-corrected chi connectivity index (χ4v) is 7.52. The Morgan fingerprint density at radius 3 is 2.48 bits per heavy atom. The average Bonchev–Trinajstić information content (AvgIpc) is 3.42. The van der Waals surface area contributed by atoms with Crippen molar-refractivity contribution < 1.29 is 22.0 Å². The maximum atomic E-state index is 13.8. The molecular formula is C30H40Cl2F2N8O3S. The Labute approximate surface area is 280 Å². The van der Waals surface area contributed by atoms with Gasteiger partial charge in [0.1, 0.15) is 11.6 Å². The number of likely N-dealkylation sites (N-methyl/N-ethyl adjacent to an activating group) is 1. The number of piperazine rings is 1. The lowest BCUT2D eigenvalue weighted by atomic mass is 9.99. The quantitative estimate of drug-likeness (QED) is 0.281. The SMILES string of the molecule is CN1CCN(c2ccc(C(=O)Nc3n[nH]c4c3CN(S(=O)(=O)c3cc(F)cc(F)c3)CC4)c(NCC3CCCNC3)c2)CC1.Cl.Cl. The molecule has 3 aliphatic heterocycles. The van der Waals surface area contributed by atoms with E-state index in [9.17, 15) is 22.0 Å². The minimum Gasteiger partial charge on any atom is -0.384 e. The number of anilines is 3. The van der Waals surface area contributed by atoms with Gasteiger partial charge in [-0.25, -0.2) is 17.2 Å². The van der Waals surface area contributed by atoms with E-state index in [1.54, 1.807) is 0 Å². The molecule has 2 fully saturated rings. The summed E-state index contributed by atoms with van der Waals surface area (Å²) in [5, 5.41) is 17.1. The van der Waals surface area contributed by atoms with E-state index in [4.69, 9.17) is 0 Å². The molecule has 3 aliphatic rings. The third-order valence-electron chi connectivity index (χ3n) is 8.70. The number of sulfonamides is 1. The molecule has 0 radical (unpaired) electrons. The van der Waals surface area contributed by atoms with E-state index < -0.39 is 26.6 Å². The monoisotopic (exact) mass is 700 g/mol. The normalized spacial score (nSPS) is 19.0. The Bertz CT molecular complexity index is 1610. The lowest BCUT2D eigenvalue weighted by molar-refractivity contribution is 0.102. The highest BCUT2D eigenvalue weighted by molar-refractivity contribution is 7.89. The zero-order valence-electron chi connectivity index (χ0n) is 25.5. The largest absolute Gasteiger partial charge is 0.384 e. The number of aromatic nitrogens is 2. The summed E-state index contributed by atoms with van der Waals surface area (Å²) in [7, 11) is -2.08. The first-order valence-corrected chi connectivity index (χ1v) is 16.5. The number of nitrogens with one attached hydrogen (secondary N) is 4. The van der Waals surface area contributed by atoms with Crippen molar-refractivity contribution in [2.24, 2.45) is 5.92 Å². The second-order valence-corrected chi connectivity index (χ2v) is 13.7.